The lowest BCUT2D eigenvalue weighted by molar-refractivity contribution is 0.357. The Morgan fingerprint density at radius 3 is 2.88 bits per heavy atom. The Balaban J connectivity index is 2.10. The van der Waals surface area contributed by atoms with Crippen molar-refractivity contribution in [3.05, 3.63) is 33.6 Å². The lowest BCUT2D eigenvalue weighted by atomic mass is 10.1. The van der Waals surface area contributed by atoms with Gasteiger partial charge in [-0.1, -0.05) is 0 Å². The first-order chi connectivity index (χ1) is 11.3. The number of nitrogens with one attached hydrogen (secondary N) is 1. The van der Waals surface area contributed by atoms with Crippen molar-refractivity contribution in [1.82, 2.24) is 9.97 Å². The van der Waals surface area contributed by atoms with Crippen LogP contribution in [0, 0.1) is 0 Å². The summed E-state index contributed by atoms with van der Waals surface area (Å²) in [4.78, 5) is 7.98. The van der Waals surface area contributed by atoms with E-state index < -0.39 is 10.0 Å². The van der Waals surface area contributed by atoms with Gasteiger partial charge in [0, 0.05) is 25.7 Å². The van der Waals surface area contributed by atoms with Crippen LogP contribution in [0.1, 0.15) is 5.56 Å². The molecule has 0 bridgehead atoms. The van der Waals surface area contributed by atoms with E-state index in [4.69, 9.17) is 16.3 Å². The zero-order valence-corrected chi connectivity index (χ0v) is 16.0. The van der Waals surface area contributed by atoms with E-state index in [1.54, 1.807) is 6.07 Å². The van der Waals surface area contributed by atoms with E-state index in [1.165, 1.54) is 17.5 Å². The van der Waals surface area contributed by atoms with Gasteiger partial charge in [-0.3, -0.25) is 4.31 Å². The summed E-state index contributed by atoms with van der Waals surface area (Å²) < 4.78 is 31.3. The molecule has 7 nitrogen and oxygen atoms in total. The van der Waals surface area contributed by atoms with Gasteiger partial charge >= 0.3 is 0 Å². The van der Waals surface area contributed by atoms with E-state index in [1.807, 2.05) is 6.07 Å². The predicted molar refractivity (Wildman–Crippen MR) is 96.9 cm³/mol. The summed E-state index contributed by atoms with van der Waals surface area (Å²) >= 11 is 9.18. The Bertz CT molecular complexity index is 907. The van der Waals surface area contributed by atoms with Gasteiger partial charge in [0.25, 0.3) is 0 Å². The molecule has 0 spiro atoms. The lowest BCUT2D eigenvalue weighted by Gasteiger charge is -2.22. The van der Waals surface area contributed by atoms with Crippen LogP contribution < -0.4 is 14.4 Å². The van der Waals surface area contributed by atoms with E-state index >= 15 is 0 Å². The molecule has 128 valence electrons. The Morgan fingerprint density at radius 1 is 1.42 bits per heavy atom. The molecule has 0 amide bonds. The summed E-state index contributed by atoms with van der Waals surface area (Å²) in [5.41, 5.74) is 2.01. The number of ether oxygens (including phenoxy) is 1. The minimum atomic E-state index is -3.42. The number of hydrogen-bond donors (Lipinski definition) is 1. The summed E-state index contributed by atoms with van der Waals surface area (Å²) in [5, 5.41) is 3.18. The van der Waals surface area contributed by atoms with Gasteiger partial charge in [-0.15, -0.1) is 0 Å². The topological polar surface area (TPSA) is 84.4 Å². The molecule has 0 fully saturated rings. The monoisotopic (exact) mass is 432 g/mol. The van der Waals surface area contributed by atoms with Gasteiger partial charge in [-0.2, -0.15) is 4.98 Å². The maximum Gasteiger partial charge on any atom is 0.232 e. The first-order valence-electron chi connectivity index (χ1n) is 6.94. The number of halogens is 2. The molecular weight excluding hydrogens is 420 g/mol. The average Bonchev–Trinajstić information content (AvgIpc) is 2.95. The van der Waals surface area contributed by atoms with Crippen LogP contribution in [0.25, 0.3) is 0 Å². The third-order valence-electron chi connectivity index (χ3n) is 3.61. The van der Waals surface area contributed by atoms with E-state index in [9.17, 15) is 8.42 Å². The normalized spacial score (nSPS) is 13.3. The average molecular weight is 434 g/mol. The fourth-order valence-electron chi connectivity index (χ4n) is 2.31. The van der Waals surface area contributed by atoms with Crippen molar-refractivity contribution in [2.24, 2.45) is 0 Å². The molecule has 0 saturated carbocycles. The van der Waals surface area contributed by atoms with Crippen LogP contribution in [0.5, 0.6) is 5.75 Å². The smallest absolute Gasteiger partial charge is 0.232 e. The number of aromatic nitrogens is 2. The molecule has 1 aliphatic heterocycles. The standard InChI is InChI=1S/C14H14BrClN4O3S/c1-20(24(2,21)22)11-5-8-3-4-23-12(8)6-10(11)18-13-9(15)7-17-14(16)19-13/h5-7H,3-4H2,1-2H3,(H,17,18,19). The molecule has 24 heavy (non-hydrogen) atoms. The predicted octanol–water partition coefficient (Wildman–Crippen LogP) is 2.97. The zero-order chi connectivity index (χ0) is 17.5. The molecule has 1 aromatic carbocycles. The molecule has 0 atom stereocenters. The van der Waals surface area contributed by atoms with E-state index in [2.05, 4.69) is 31.2 Å². The van der Waals surface area contributed by atoms with Gasteiger partial charge in [-0.25, -0.2) is 13.4 Å². The van der Waals surface area contributed by atoms with Gasteiger partial charge in [0.15, 0.2) is 0 Å². The van der Waals surface area contributed by atoms with Crippen LogP contribution in [0.2, 0.25) is 5.28 Å². The molecule has 3 rings (SSSR count). The molecule has 1 N–H and O–H groups in total. The fraction of sp³-hybridized carbons (Fsp3) is 0.286. The number of fused-ring (bicyclic) bond motifs is 1. The molecule has 0 radical (unpaired) electrons. The molecule has 1 aromatic heterocycles. The third-order valence-corrected chi connectivity index (χ3v) is 5.57. The van der Waals surface area contributed by atoms with Gasteiger partial charge < -0.3 is 10.1 Å². The maximum absolute atomic E-state index is 12.0. The van der Waals surface area contributed by atoms with Crippen LogP contribution in [0.4, 0.5) is 17.2 Å². The quantitative estimate of drug-likeness (QED) is 0.746. The lowest BCUT2D eigenvalue weighted by Crippen LogP contribution is -2.25. The molecule has 0 unspecified atom stereocenters. The van der Waals surface area contributed by atoms with Crippen molar-refractivity contribution >= 4 is 54.7 Å². The summed E-state index contributed by atoms with van der Waals surface area (Å²) in [6, 6.07) is 3.57. The van der Waals surface area contributed by atoms with Gasteiger partial charge in [0.1, 0.15) is 11.6 Å². The minimum absolute atomic E-state index is 0.0797. The number of benzene rings is 1. The highest BCUT2D eigenvalue weighted by molar-refractivity contribution is 9.10. The molecule has 0 saturated heterocycles. The van der Waals surface area contributed by atoms with Crippen LogP contribution in [-0.2, 0) is 16.4 Å². The second kappa shape index (κ2) is 6.38. The summed E-state index contributed by atoms with van der Waals surface area (Å²) in [6.45, 7) is 0.573. The zero-order valence-electron chi connectivity index (χ0n) is 12.9. The summed E-state index contributed by atoms with van der Waals surface area (Å²) in [6.07, 6.45) is 3.41. The molecule has 10 heteroatoms. The maximum atomic E-state index is 12.0. The molecule has 2 heterocycles. The summed E-state index contributed by atoms with van der Waals surface area (Å²) in [7, 11) is -1.92. The Kier molecular flexibility index (Phi) is 4.58. The number of nitrogens with zero attached hydrogens (tertiary/aromatic N) is 3. The number of hydrogen-bond acceptors (Lipinski definition) is 6. The summed E-state index contributed by atoms with van der Waals surface area (Å²) in [5.74, 6) is 1.15. The molecule has 2 aromatic rings. The van der Waals surface area contributed by atoms with Crippen molar-refractivity contribution in [1.29, 1.82) is 0 Å². The molecule has 1 aliphatic rings. The van der Waals surface area contributed by atoms with Gasteiger partial charge in [0.05, 0.1) is 28.7 Å². The van der Waals surface area contributed by atoms with Crippen molar-refractivity contribution < 1.29 is 13.2 Å². The van der Waals surface area contributed by atoms with Crippen LogP contribution >= 0.6 is 27.5 Å². The Morgan fingerprint density at radius 2 is 2.17 bits per heavy atom. The van der Waals surface area contributed by atoms with Crippen molar-refractivity contribution in [2.45, 2.75) is 6.42 Å². The van der Waals surface area contributed by atoms with E-state index in [0.717, 1.165) is 24.0 Å². The Labute approximate surface area is 153 Å². The number of anilines is 3. The first kappa shape index (κ1) is 17.2. The molecule has 0 aliphatic carbocycles. The minimum Gasteiger partial charge on any atom is -0.493 e. The van der Waals surface area contributed by atoms with Crippen LogP contribution in [0.15, 0.2) is 22.8 Å². The highest BCUT2D eigenvalue weighted by Crippen LogP contribution is 2.39. The second-order valence-electron chi connectivity index (χ2n) is 5.27. The second-order valence-corrected chi connectivity index (χ2v) is 8.47. The van der Waals surface area contributed by atoms with Crippen molar-refractivity contribution in [3.8, 4) is 5.75 Å². The highest BCUT2D eigenvalue weighted by Gasteiger charge is 2.22. The number of rotatable bonds is 4. The third kappa shape index (κ3) is 3.42. The van der Waals surface area contributed by atoms with Gasteiger partial charge in [-0.05, 0) is 39.2 Å². The van der Waals surface area contributed by atoms with Crippen LogP contribution in [0.3, 0.4) is 0 Å². The van der Waals surface area contributed by atoms with Crippen molar-refractivity contribution in [2.75, 3.05) is 29.5 Å². The Hall–Kier alpha value is -1.58. The number of sulfonamides is 1. The highest BCUT2D eigenvalue weighted by atomic mass is 79.9. The largest absolute Gasteiger partial charge is 0.493 e. The van der Waals surface area contributed by atoms with E-state index in [-0.39, 0.29) is 5.28 Å². The molecular formula is C14H14BrClN4O3S. The van der Waals surface area contributed by atoms with Crippen molar-refractivity contribution in [3.63, 3.8) is 0 Å². The van der Waals surface area contributed by atoms with Gasteiger partial charge in [0.2, 0.25) is 15.3 Å². The first-order valence-corrected chi connectivity index (χ1v) is 9.96. The SMILES string of the molecule is CN(c1cc2c(cc1Nc1nc(Cl)ncc1Br)OCC2)S(C)(=O)=O. The van der Waals surface area contributed by atoms with Crippen LogP contribution in [-0.4, -0.2) is 38.3 Å². The van der Waals surface area contributed by atoms with E-state index in [0.29, 0.717) is 28.3 Å². The fourth-order valence-corrected chi connectivity index (χ4v) is 3.24.